The van der Waals surface area contributed by atoms with Gasteiger partial charge >= 0.3 is 0 Å². The maximum atomic E-state index is 5.65. The molecule has 0 bridgehead atoms. The van der Waals surface area contributed by atoms with Gasteiger partial charge in [0.05, 0.1) is 19.8 Å². The third kappa shape index (κ3) is 5.62. The molecule has 1 saturated heterocycles. The van der Waals surface area contributed by atoms with Crippen LogP contribution in [0.4, 0.5) is 0 Å². The van der Waals surface area contributed by atoms with Crippen LogP contribution < -0.4 is 14.8 Å². The Balaban J connectivity index is 0.00000243. The van der Waals surface area contributed by atoms with Crippen LogP contribution in [0.25, 0.3) is 0 Å². The number of methoxy groups -OCH3 is 1. The maximum absolute atomic E-state index is 5.65. The Morgan fingerprint density at radius 3 is 2.96 bits per heavy atom. The average Bonchev–Trinajstić information content (AvgIpc) is 3.28. The van der Waals surface area contributed by atoms with E-state index in [0.717, 1.165) is 49.1 Å². The average molecular weight is 477 g/mol. The number of fused-ring (bicyclic) bond motifs is 1. The van der Waals surface area contributed by atoms with Crippen molar-refractivity contribution in [3.8, 4) is 11.5 Å². The van der Waals surface area contributed by atoms with Crippen molar-refractivity contribution in [2.24, 2.45) is 10.9 Å². The summed E-state index contributed by atoms with van der Waals surface area (Å²) in [7, 11) is 3.51. The minimum Gasteiger partial charge on any atom is -0.454 e. The fraction of sp³-hybridized carbons (Fsp3) is 0.611. The lowest BCUT2D eigenvalue weighted by Crippen LogP contribution is -2.39. The number of nitrogens with zero attached hydrogens (tertiary/aromatic N) is 2. The number of rotatable bonds is 7. The van der Waals surface area contributed by atoms with E-state index in [4.69, 9.17) is 18.9 Å². The molecule has 2 aliphatic rings. The van der Waals surface area contributed by atoms with E-state index in [0.29, 0.717) is 32.5 Å². The lowest BCUT2D eigenvalue weighted by molar-refractivity contribution is 0.0536. The van der Waals surface area contributed by atoms with E-state index in [1.807, 2.05) is 25.2 Å². The molecular weight excluding hydrogens is 449 g/mol. The number of aliphatic imine (C=N–C) groups is 1. The first-order chi connectivity index (χ1) is 12.3. The molecule has 0 spiro atoms. The quantitative estimate of drug-likeness (QED) is 0.281. The van der Waals surface area contributed by atoms with Gasteiger partial charge < -0.3 is 29.2 Å². The summed E-state index contributed by atoms with van der Waals surface area (Å²) >= 11 is 0. The van der Waals surface area contributed by atoms with Crippen LogP contribution in [-0.2, 0) is 16.0 Å². The normalized spacial score (nSPS) is 18.8. The maximum Gasteiger partial charge on any atom is 0.231 e. The number of ether oxygens (including phenoxy) is 4. The fourth-order valence-electron chi connectivity index (χ4n) is 3.12. The van der Waals surface area contributed by atoms with E-state index in [1.165, 1.54) is 0 Å². The smallest absolute Gasteiger partial charge is 0.231 e. The lowest BCUT2D eigenvalue weighted by atomic mass is 10.1. The van der Waals surface area contributed by atoms with Crippen LogP contribution in [0.1, 0.15) is 12.0 Å². The standard InChI is InChI=1S/C18H27N3O4.HI/c1-19-18(21-6-5-15(11-21)12-23-8-7-22-2)20-10-14-3-4-16-17(9-14)25-13-24-16;/h3-4,9,15H,5-8,10-13H2,1-2H3,(H,19,20);1H. The predicted octanol–water partition coefficient (Wildman–Crippen LogP) is 2.09. The second-order valence-electron chi connectivity index (χ2n) is 6.26. The minimum atomic E-state index is 0. The Bertz CT molecular complexity index is 600. The van der Waals surface area contributed by atoms with E-state index < -0.39 is 0 Å². The molecule has 1 N–H and O–H groups in total. The molecule has 1 aromatic carbocycles. The Hall–Kier alpha value is -1.26. The Morgan fingerprint density at radius 1 is 1.31 bits per heavy atom. The molecule has 0 amide bonds. The molecule has 1 fully saturated rings. The van der Waals surface area contributed by atoms with Crippen LogP contribution in [0.2, 0.25) is 0 Å². The van der Waals surface area contributed by atoms with Crippen molar-refractivity contribution in [1.82, 2.24) is 10.2 Å². The van der Waals surface area contributed by atoms with E-state index in [1.54, 1.807) is 7.11 Å². The van der Waals surface area contributed by atoms with Crippen LogP contribution in [-0.4, -0.2) is 64.7 Å². The number of hydrogen-bond acceptors (Lipinski definition) is 5. The zero-order chi connectivity index (χ0) is 17.5. The first-order valence-electron chi connectivity index (χ1n) is 8.71. The van der Waals surface area contributed by atoms with Crippen LogP contribution in [0.15, 0.2) is 23.2 Å². The molecule has 2 aliphatic heterocycles. The third-order valence-corrected chi connectivity index (χ3v) is 4.47. The number of likely N-dealkylation sites (tertiary alicyclic amines) is 1. The monoisotopic (exact) mass is 477 g/mol. The molecule has 7 nitrogen and oxygen atoms in total. The highest BCUT2D eigenvalue weighted by molar-refractivity contribution is 14.0. The van der Waals surface area contributed by atoms with E-state index >= 15 is 0 Å². The van der Waals surface area contributed by atoms with Gasteiger partial charge in [-0.1, -0.05) is 6.07 Å². The van der Waals surface area contributed by atoms with Gasteiger partial charge in [0.2, 0.25) is 6.79 Å². The first-order valence-corrected chi connectivity index (χ1v) is 8.71. The summed E-state index contributed by atoms with van der Waals surface area (Å²) < 4.78 is 21.4. The molecule has 0 saturated carbocycles. The molecule has 0 aromatic heterocycles. The molecular formula is C18H28IN3O4. The lowest BCUT2D eigenvalue weighted by Gasteiger charge is -2.22. The van der Waals surface area contributed by atoms with Crippen molar-refractivity contribution in [2.45, 2.75) is 13.0 Å². The van der Waals surface area contributed by atoms with Crippen molar-refractivity contribution in [3.63, 3.8) is 0 Å². The Labute approximate surface area is 172 Å². The minimum absolute atomic E-state index is 0. The summed E-state index contributed by atoms with van der Waals surface area (Å²) in [6.45, 7) is 5.05. The number of halogens is 1. The largest absolute Gasteiger partial charge is 0.454 e. The molecule has 0 radical (unpaired) electrons. The first kappa shape index (κ1) is 21.0. The van der Waals surface area contributed by atoms with Crippen LogP contribution in [0, 0.1) is 5.92 Å². The predicted molar refractivity (Wildman–Crippen MR) is 111 cm³/mol. The molecule has 0 aliphatic carbocycles. The number of hydrogen-bond donors (Lipinski definition) is 1. The second-order valence-corrected chi connectivity index (χ2v) is 6.26. The van der Waals surface area contributed by atoms with Gasteiger partial charge in [0.15, 0.2) is 17.5 Å². The molecule has 1 atom stereocenters. The molecule has 3 rings (SSSR count). The van der Waals surface area contributed by atoms with Gasteiger partial charge in [0, 0.05) is 39.7 Å². The van der Waals surface area contributed by atoms with Crippen molar-refractivity contribution in [3.05, 3.63) is 23.8 Å². The Kier molecular flexibility index (Phi) is 8.73. The second kappa shape index (κ2) is 10.8. The van der Waals surface area contributed by atoms with Crippen LogP contribution in [0.3, 0.4) is 0 Å². The van der Waals surface area contributed by atoms with Gasteiger partial charge in [-0.15, -0.1) is 24.0 Å². The highest BCUT2D eigenvalue weighted by atomic mass is 127. The van der Waals surface area contributed by atoms with Crippen LogP contribution >= 0.6 is 24.0 Å². The molecule has 2 heterocycles. The SMILES string of the molecule is CN=C(NCc1ccc2c(c1)OCO2)N1CCC(COCCOC)C1.I. The molecule has 26 heavy (non-hydrogen) atoms. The van der Waals surface area contributed by atoms with Gasteiger partial charge in [-0.25, -0.2) is 0 Å². The van der Waals surface area contributed by atoms with Crippen molar-refractivity contribution in [2.75, 3.05) is 53.9 Å². The highest BCUT2D eigenvalue weighted by Crippen LogP contribution is 2.32. The van der Waals surface area contributed by atoms with Gasteiger partial charge in [-0.3, -0.25) is 4.99 Å². The van der Waals surface area contributed by atoms with Gasteiger partial charge in [0.25, 0.3) is 0 Å². The van der Waals surface area contributed by atoms with E-state index in [-0.39, 0.29) is 24.0 Å². The molecule has 146 valence electrons. The highest BCUT2D eigenvalue weighted by Gasteiger charge is 2.25. The summed E-state index contributed by atoms with van der Waals surface area (Å²) in [4.78, 5) is 6.71. The summed E-state index contributed by atoms with van der Waals surface area (Å²) in [6.07, 6.45) is 1.12. The van der Waals surface area contributed by atoms with Crippen LogP contribution in [0.5, 0.6) is 11.5 Å². The van der Waals surface area contributed by atoms with Gasteiger partial charge in [-0.05, 0) is 24.1 Å². The summed E-state index contributed by atoms with van der Waals surface area (Å²) in [5.74, 6) is 3.09. The van der Waals surface area contributed by atoms with Crippen molar-refractivity contribution < 1.29 is 18.9 Å². The fourth-order valence-corrected chi connectivity index (χ4v) is 3.12. The zero-order valence-electron chi connectivity index (χ0n) is 15.4. The molecule has 8 heteroatoms. The van der Waals surface area contributed by atoms with Gasteiger partial charge in [0.1, 0.15) is 0 Å². The summed E-state index contributed by atoms with van der Waals surface area (Å²) in [6, 6.07) is 6.01. The van der Waals surface area contributed by atoms with Crippen molar-refractivity contribution >= 4 is 29.9 Å². The van der Waals surface area contributed by atoms with Gasteiger partial charge in [-0.2, -0.15) is 0 Å². The third-order valence-electron chi connectivity index (χ3n) is 4.47. The topological polar surface area (TPSA) is 64.6 Å². The summed E-state index contributed by atoms with van der Waals surface area (Å²) in [5, 5.41) is 3.43. The van der Waals surface area contributed by atoms with E-state index in [2.05, 4.69) is 15.2 Å². The number of nitrogens with one attached hydrogen (secondary N) is 1. The van der Waals surface area contributed by atoms with Crippen molar-refractivity contribution in [1.29, 1.82) is 0 Å². The summed E-state index contributed by atoms with van der Waals surface area (Å²) in [5.41, 5.74) is 1.14. The number of guanidine groups is 1. The van der Waals surface area contributed by atoms with E-state index in [9.17, 15) is 0 Å². The Morgan fingerprint density at radius 2 is 2.15 bits per heavy atom. The molecule has 1 unspecified atom stereocenters. The number of benzene rings is 1. The zero-order valence-corrected chi connectivity index (χ0v) is 17.7. The molecule has 1 aromatic rings.